The Morgan fingerprint density at radius 2 is 1.59 bits per heavy atom. The molecule has 1 heterocycles. The molecule has 6 nitrogen and oxygen atoms in total. The van der Waals surface area contributed by atoms with Crippen LogP contribution in [0.15, 0.2) is 54.6 Å². The van der Waals surface area contributed by atoms with E-state index in [0.717, 1.165) is 11.1 Å². The van der Waals surface area contributed by atoms with Crippen LogP contribution in [0.3, 0.4) is 0 Å². The lowest BCUT2D eigenvalue weighted by Gasteiger charge is -2.08. The van der Waals surface area contributed by atoms with Gasteiger partial charge in [-0.3, -0.25) is 9.59 Å². The summed E-state index contributed by atoms with van der Waals surface area (Å²) in [4.78, 5) is 39.3. The van der Waals surface area contributed by atoms with Crippen LogP contribution in [0, 0.1) is 6.92 Å². The van der Waals surface area contributed by atoms with Gasteiger partial charge in [-0.2, -0.15) is 0 Å². The maximum absolute atomic E-state index is 12.5. The van der Waals surface area contributed by atoms with Crippen LogP contribution in [0.4, 0.5) is 5.69 Å². The van der Waals surface area contributed by atoms with Gasteiger partial charge in [-0.05, 0) is 35.7 Å². The molecule has 2 N–H and O–H groups in total. The van der Waals surface area contributed by atoms with Gasteiger partial charge >= 0.3 is 5.97 Å². The molecule has 0 unspecified atom stereocenters. The molecule has 0 aliphatic rings. The molecule has 0 saturated heterocycles. The predicted molar refractivity (Wildman–Crippen MR) is 111 cm³/mol. The summed E-state index contributed by atoms with van der Waals surface area (Å²) >= 11 is 0. The number of hydrogen-bond donors (Lipinski definition) is 2. The van der Waals surface area contributed by atoms with E-state index in [1.54, 1.807) is 6.92 Å². The second kappa shape index (κ2) is 8.56. The molecule has 0 aliphatic heterocycles. The summed E-state index contributed by atoms with van der Waals surface area (Å²) in [6, 6.07) is 17.4. The fourth-order valence-electron chi connectivity index (χ4n) is 3.26. The molecule has 148 valence electrons. The molecule has 0 spiro atoms. The number of rotatable bonds is 6. The van der Waals surface area contributed by atoms with E-state index >= 15 is 0 Å². The zero-order valence-electron chi connectivity index (χ0n) is 16.5. The van der Waals surface area contributed by atoms with Gasteiger partial charge in [-0.15, -0.1) is 0 Å². The van der Waals surface area contributed by atoms with Crippen molar-refractivity contribution in [1.82, 2.24) is 4.98 Å². The number of benzene rings is 2. The molecule has 3 aromatic rings. The standard InChI is InChI=1S/C23H22N2O4/c1-14-21(23(28)29-3)19(25-22(14)15(2)26)13-20(27)24-18-11-9-17(10-12-18)16-7-5-4-6-8-16/h4-12,25H,13H2,1-3H3,(H,24,27). The Balaban J connectivity index is 1.76. The van der Waals surface area contributed by atoms with Gasteiger partial charge in [0.15, 0.2) is 5.78 Å². The Kier molecular flexibility index (Phi) is 5.93. The first kappa shape index (κ1) is 20.1. The van der Waals surface area contributed by atoms with Crippen molar-refractivity contribution in [3.8, 4) is 11.1 Å². The van der Waals surface area contributed by atoms with Crippen molar-refractivity contribution in [3.05, 3.63) is 77.1 Å². The van der Waals surface area contributed by atoms with E-state index in [0.29, 0.717) is 22.6 Å². The van der Waals surface area contributed by atoms with Crippen LogP contribution in [0.2, 0.25) is 0 Å². The maximum Gasteiger partial charge on any atom is 0.339 e. The summed E-state index contributed by atoms with van der Waals surface area (Å²) in [7, 11) is 1.26. The number of methoxy groups -OCH3 is 1. The molecular weight excluding hydrogens is 368 g/mol. The van der Waals surface area contributed by atoms with Crippen LogP contribution in [0.1, 0.15) is 39.0 Å². The number of amides is 1. The fraction of sp³-hybridized carbons (Fsp3) is 0.174. The summed E-state index contributed by atoms with van der Waals surface area (Å²) in [6.45, 7) is 3.06. The third-order valence-electron chi connectivity index (χ3n) is 4.68. The van der Waals surface area contributed by atoms with Gasteiger partial charge in [-0.25, -0.2) is 4.79 Å². The number of carbonyl (C=O) groups is 3. The maximum atomic E-state index is 12.5. The number of ether oxygens (including phenoxy) is 1. The van der Waals surface area contributed by atoms with Gasteiger partial charge < -0.3 is 15.0 Å². The minimum absolute atomic E-state index is 0.0843. The van der Waals surface area contributed by atoms with Crippen molar-refractivity contribution in [2.75, 3.05) is 12.4 Å². The van der Waals surface area contributed by atoms with Gasteiger partial charge in [0.1, 0.15) is 0 Å². The fourth-order valence-corrected chi connectivity index (χ4v) is 3.26. The Labute approximate surface area is 168 Å². The number of hydrogen-bond acceptors (Lipinski definition) is 4. The van der Waals surface area contributed by atoms with Crippen LogP contribution in [0.5, 0.6) is 0 Å². The van der Waals surface area contributed by atoms with E-state index < -0.39 is 5.97 Å². The lowest BCUT2D eigenvalue weighted by molar-refractivity contribution is -0.115. The number of Topliss-reactive ketones (excluding diaryl/α,β-unsaturated/α-hetero) is 1. The first-order valence-electron chi connectivity index (χ1n) is 9.16. The second-order valence-corrected chi connectivity index (χ2v) is 6.69. The highest BCUT2D eigenvalue weighted by Crippen LogP contribution is 2.23. The second-order valence-electron chi connectivity index (χ2n) is 6.69. The first-order chi connectivity index (χ1) is 13.9. The molecule has 0 bridgehead atoms. The lowest BCUT2D eigenvalue weighted by Crippen LogP contribution is -2.17. The number of aromatic nitrogens is 1. The van der Waals surface area contributed by atoms with Crippen LogP contribution < -0.4 is 5.32 Å². The average molecular weight is 390 g/mol. The van der Waals surface area contributed by atoms with Gasteiger partial charge in [-0.1, -0.05) is 42.5 Å². The smallest absolute Gasteiger partial charge is 0.339 e. The molecule has 0 radical (unpaired) electrons. The van der Waals surface area contributed by atoms with E-state index in [4.69, 9.17) is 4.74 Å². The van der Waals surface area contributed by atoms with Crippen LogP contribution >= 0.6 is 0 Å². The molecule has 3 rings (SSSR count). The topological polar surface area (TPSA) is 88.3 Å². The zero-order chi connectivity index (χ0) is 21.0. The minimum Gasteiger partial charge on any atom is -0.465 e. The molecule has 0 aliphatic carbocycles. The summed E-state index contributed by atoms with van der Waals surface area (Å²) in [5, 5.41) is 2.82. The van der Waals surface area contributed by atoms with Crippen LogP contribution in [-0.4, -0.2) is 29.8 Å². The Morgan fingerprint density at radius 3 is 2.17 bits per heavy atom. The molecule has 0 atom stereocenters. The molecule has 0 saturated carbocycles. The lowest BCUT2D eigenvalue weighted by atomic mass is 10.1. The van der Waals surface area contributed by atoms with E-state index in [9.17, 15) is 14.4 Å². The van der Waals surface area contributed by atoms with E-state index in [-0.39, 0.29) is 23.7 Å². The summed E-state index contributed by atoms with van der Waals surface area (Å²) in [5.74, 6) is -1.10. The number of ketones is 1. The number of aromatic amines is 1. The third kappa shape index (κ3) is 4.43. The predicted octanol–water partition coefficient (Wildman–Crippen LogP) is 4.16. The molecule has 1 aromatic heterocycles. The van der Waals surface area contributed by atoms with Crippen molar-refractivity contribution in [2.24, 2.45) is 0 Å². The van der Waals surface area contributed by atoms with Crippen LogP contribution in [0.25, 0.3) is 11.1 Å². The van der Waals surface area contributed by atoms with Crippen molar-refractivity contribution in [3.63, 3.8) is 0 Å². The van der Waals surface area contributed by atoms with Gasteiger partial charge in [0, 0.05) is 18.3 Å². The Morgan fingerprint density at radius 1 is 0.966 bits per heavy atom. The normalized spacial score (nSPS) is 10.4. The quantitative estimate of drug-likeness (QED) is 0.489. The molecule has 2 aromatic carbocycles. The van der Waals surface area contributed by atoms with Crippen molar-refractivity contribution >= 4 is 23.3 Å². The van der Waals surface area contributed by atoms with E-state index in [2.05, 4.69) is 10.3 Å². The Hall–Kier alpha value is -3.67. The minimum atomic E-state index is -0.582. The number of nitrogens with one attached hydrogen (secondary N) is 2. The van der Waals surface area contributed by atoms with E-state index in [1.165, 1.54) is 14.0 Å². The average Bonchev–Trinajstić information content (AvgIpc) is 3.04. The summed E-state index contributed by atoms with van der Waals surface area (Å²) < 4.78 is 4.80. The first-order valence-corrected chi connectivity index (χ1v) is 9.16. The largest absolute Gasteiger partial charge is 0.465 e. The van der Waals surface area contributed by atoms with E-state index in [1.807, 2.05) is 54.6 Å². The Bertz CT molecular complexity index is 1050. The highest BCUT2D eigenvalue weighted by Gasteiger charge is 2.24. The highest BCUT2D eigenvalue weighted by atomic mass is 16.5. The number of H-pyrrole nitrogens is 1. The molecule has 0 fully saturated rings. The summed E-state index contributed by atoms with van der Waals surface area (Å²) in [5.41, 5.74) is 4.16. The zero-order valence-corrected chi connectivity index (χ0v) is 16.5. The van der Waals surface area contributed by atoms with Gasteiger partial charge in [0.05, 0.1) is 24.8 Å². The molecule has 29 heavy (non-hydrogen) atoms. The van der Waals surface area contributed by atoms with Gasteiger partial charge in [0.25, 0.3) is 0 Å². The molecule has 6 heteroatoms. The van der Waals surface area contributed by atoms with Crippen molar-refractivity contribution < 1.29 is 19.1 Å². The molecular formula is C23H22N2O4. The third-order valence-corrected chi connectivity index (χ3v) is 4.68. The van der Waals surface area contributed by atoms with Crippen LogP contribution in [-0.2, 0) is 16.0 Å². The highest BCUT2D eigenvalue weighted by molar-refractivity contribution is 6.02. The monoisotopic (exact) mass is 390 g/mol. The summed E-state index contributed by atoms with van der Waals surface area (Å²) in [6.07, 6.45) is -0.0843. The van der Waals surface area contributed by atoms with Gasteiger partial charge in [0.2, 0.25) is 5.91 Å². The number of esters is 1. The van der Waals surface area contributed by atoms with Crippen molar-refractivity contribution in [1.29, 1.82) is 0 Å². The number of carbonyl (C=O) groups excluding carboxylic acids is 3. The van der Waals surface area contributed by atoms with Crippen molar-refractivity contribution in [2.45, 2.75) is 20.3 Å². The SMILES string of the molecule is COC(=O)c1c(CC(=O)Nc2ccc(-c3ccccc3)cc2)[nH]c(C(C)=O)c1C. The number of anilines is 1. The molecule has 1 amide bonds.